The topological polar surface area (TPSA) is 90.5 Å². The number of rotatable bonds is 7. The molecule has 2 rings (SSSR count). The molecule has 27 heavy (non-hydrogen) atoms. The standard InChI is InChI=1S/C18H30N4O3S.ClH/c1-18(2,3)21-26(24,25)16-7-5-15(6-8-16)17(23)20-9-4-12-22-13-10-19-11-14-22;/h5-8,19,21H,4,9-14H2,1-3H3,(H,20,23);1H. The number of benzene rings is 1. The summed E-state index contributed by atoms with van der Waals surface area (Å²) in [6.07, 6.45) is 0.897. The van der Waals surface area contributed by atoms with Crippen LogP contribution in [0.5, 0.6) is 0 Å². The third kappa shape index (κ3) is 8.15. The second-order valence-electron chi connectivity index (χ2n) is 7.58. The van der Waals surface area contributed by atoms with E-state index in [1.54, 1.807) is 32.9 Å². The molecule has 9 heteroatoms. The minimum atomic E-state index is -3.59. The Morgan fingerprint density at radius 1 is 1.15 bits per heavy atom. The summed E-state index contributed by atoms with van der Waals surface area (Å²) in [6.45, 7) is 11.1. The van der Waals surface area contributed by atoms with Crippen molar-refractivity contribution in [2.24, 2.45) is 0 Å². The maximum Gasteiger partial charge on any atom is 0.251 e. The molecule has 1 aromatic rings. The van der Waals surface area contributed by atoms with Crippen LogP contribution in [0, 0.1) is 0 Å². The first-order valence-electron chi connectivity index (χ1n) is 9.03. The molecule has 1 heterocycles. The predicted molar refractivity (Wildman–Crippen MR) is 110 cm³/mol. The molecule has 7 nitrogen and oxygen atoms in total. The lowest BCUT2D eigenvalue weighted by Crippen LogP contribution is -2.44. The van der Waals surface area contributed by atoms with Crippen molar-refractivity contribution in [3.05, 3.63) is 29.8 Å². The van der Waals surface area contributed by atoms with Crippen molar-refractivity contribution in [1.29, 1.82) is 0 Å². The minimum Gasteiger partial charge on any atom is -0.352 e. The van der Waals surface area contributed by atoms with E-state index < -0.39 is 15.6 Å². The van der Waals surface area contributed by atoms with E-state index >= 15 is 0 Å². The first-order chi connectivity index (χ1) is 12.2. The molecule has 0 spiro atoms. The number of amides is 1. The van der Waals surface area contributed by atoms with Gasteiger partial charge in [0, 0.05) is 43.8 Å². The van der Waals surface area contributed by atoms with Crippen LogP contribution in [0.25, 0.3) is 0 Å². The smallest absolute Gasteiger partial charge is 0.251 e. The van der Waals surface area contributed by atoms with Gasteiger partial charge in [-0.15, -0.1) is 12.4 Å². The number of hydrogen-bond acceptors (Lipinski definition) is 5. The molecular formula is C18H31ClN4O3S. The Morgan fingerprint density at radius 2 is 1.74 bits per heavy atom. The molecular weight excluding hydrogens is 388 g/mol. The molecule has 0 saturated carbocycles. The second kappa shape index (κ2) is 10.4. The molecule has 0 radical (unpaired) electrons. The van der Waals surface area contributed by atoms with Gasteiger partial charge >= 0.3 is 0 Å². The monoisotopic (exact) mass is 418 g/mol. The summed E-state index contributed by atoms with van der Waals surface area (Å²) in [5, 5.41) is 6.20. The first kappa shape index (κ1) is 23.8. The van der Waals surface area contributed by atoms with E-state index in [0.29, 0.717) is 12.1 Å². The molecule has 154 valence electrons. The third-order valence-electron chi connectivity index (χ3n) is 4.01. The average molecular weight is 419 g/mol. The Hall–Kier alpha value is -1.19. The van der Waals surface area contributed by atoms with E-state index in [1.807, 2.05) is 0 Å². The van der Waals surface area contributed by atoms with Crippen LogP contribution < -0.4 is 15.4 Å². The van der Waals surface area contributed by atoms with Gasteiger partial charge in [-0.25, -0.2) is 13.1 Å². The van der Waals surface area contributed by atoms with Crippen LogP contribution >= 0.6 is 12.4 Å². The Kier molecular flexibility index (Phi) is 9.17. The Balaban J connectivity index is 0.00000364. The number of nitrogens with one attached hydrogen (secondary N) is 3. The van der Waals surface area contributed by atoms with E-state index in [2.05, 4.69) is 20.3 Å². The Bertz CT molecular complexity index is 696. The van der Waals surface area contributed by atoms with Gasteiger partial charge in [-0.2, -0.15) is 0 Å². The highest BCUT2D eigenvalue weighted by molar-refractivity contribution is 7.89. The van der Waals surface area contributed by atoms with E-state index in [9.17, 15) is 13.2 Å². The number of hydrogen-bond donors (Lipinski definition) is 3. The van der Waals surface area contributed by atoms with E-state index in [4.69, 9.17) is 0 Å². The predicted octanol–water partition coefficient (Wildman–Crippen LogP) is 1.21. The van der Waals surface area contributed by atoms with Gasteiger partial charge in [0.2, 0.25) is 10.0 Å². The van der Waals surface area contributed by atoms with Crippen LogP contribution in [0.15, 0.2) is 29.2 Å². The molecule has 1 fully saturated rings. The molecule has 0 atom stereocenters. The lowest BCUT2D eigenvalue weighted by molar-refractivity contribution is 0.0951. The van der Waals surface area contributed by atoms with E-state index in [0.717, 1.165) is 39.1 Å². The SMILES string of the molecule is CC(C)(C)NS(=O)(=O)c1ccc(C(=O)NCCCN2CCNCC2)cc1.Cl. The molecule has 1 aliphatic rings. The van der Waals surface area contributed by atoms with Crippen LogP contribution in [0.1, 0.15) is 37.6 Å². The Labute approximate surface area is 168 Å². The number of nitrogens with zero attached hydrogens (tertiary/aromatic N) is 1. The highest BCUT2D eigenvalue weighted by atomic mass is 35.5. The fraction of sp³-hybridized carbons (Fsp3) is 0.611. The highest BCUT2D eigenvalue weighted by Gasteiger charge is 2.22. The molecule has 1 saturated heterocycles. The summed E-state index contributed by atoms with van der Waals surface area (Å²) in [5.74, 6) is -0.182. The number of carbonyl (C=O) groups excluding carboxylic acids is 1. The van der Waals surface area contributed by atoms with Crippen molar-refractivity contribution < 1.29 is 13.2 Å². The van der Waals surface area contributed by atoms with Crippen molar-refractivity contribution >= 4 is 28.3 Å². The molecule has 1 aliphatic heterocycles. The summed E-state index contributed by atoms with van der Waals surface area (Å²) in [4.78, 5) is 14.7. The summed E-state index contributed by atoms with van der Waals surface area (Å²) < 4.78 is 27.1. The molecule has 0 unspecified atom stereocenters. The number of sulfonamides is 1. The van der Waals surface area contributed by atoms with Gasteiger partial charge in [0.15, 0.2) is 0 Å². The van der Waals surface area contributed by atoms with E-state index in [1.165, 1.54) is 12.1 Å². The summed E-state index contributed by atoms with van der Waals surface area (Å²) in [7, 11) is -3.59. The summed E-state index contributed by atoms with van der Waals surface area (Å²) >= 11 is 0. The molecule has 3 N–H and O–H groups in total. The van der Waals surface area contributed by atoms with Gasteiger partial charge in [-0.05, 0) is 58.0 Å². The summed E-state index contributed by atoms with van der Waals surface area (Å²) in [5.41, 5.74) is -0.0962. The fourth-order valence-electron chi connectivity index (χ4n) is 2.79. The van der Waals surface area contributed by atoms with Crippen LogP contribution in [0.2, 0.25) is 0 Å². The quantitative estimate of drug-likeness (QED) is 0.579. The zero-order valence-electron chi connectivity index (χ0n) is 16.2. The molecule has 0 bridgehead atoms. The van der Waals surface area contributed by atoms with Crippen LogP contribution in [0.4, 0.5) is 0 Å². The van der Waals surface area contributed by atoms with Crippen molar-refractivity contribution in [3.63, 3.8) is 0 Å². The van der Waals surface area contributed by atoms with Crippen molar-refractivity contribution in [3.8, 4) is 0 Å². The number of halogens is 1. The van der Waals surface area contributed by atoms with Gasteiger partial charge < -0.3 is 15.5 Å². The van der Waals surface area contributed by atoms with Crippen LogP contribution in [-0.2, 0) is 10.0 Å². The third-order valence-corrected chi connectivity index (χ3v) is 5.79. The Morgan fingerprint density at radius 3 is 2.30 bits per heavy atom. The van der Waals surface area contributed by atoms with Crippen molar-refractivity contribution in [2.75, 3.05) is 39.3 Å². The maximum atomic E-state index is 12.3. The molecule has 0 aromatic heterocycles. The second-order valence-corrected chi connectivity index (χ2v) is 9.26. The lowest BCUT2D eigenvalue weighted by atomic mass is 10.1. The maximum absolute atomic E-state index is 12.3. The van der Waals surface area contributed by atoms with Gasteiger partial charge in [0.05, 0.1) is 4.90 Å². The molecule has 1 aromatic carbocycles. The zero-order valence-corrected chi connectivity index (χ0v) is 17.9. The van der Waals surface area contributed by atoms with Gasteiger partial charge in [-0.3, -0.25) is 4.79 Å². The van der Waals surface area contributed by atoms with E-state index in [-0.39, 0.29) is 23.2 Å². The zero-order chi connectivity index (χ0) is 19.2. The van der Waals surface area contributed by atoms with Crippen molar-refractivity contribution in [1.82, 2.24) is 20.3 Å². The highest BCUT2D eigenvalue weighted by Crippen LogP contribution is 2.14. The largest absolute Gasteiger partial charge is 0.352 e. The number of carbonyl (C=O) groups is 1. The minimum absolute atomic E-state index is 0. The van der Waals surface area contributed by atoms with Crippen LogP contribution in [0.3, 0.4) is 0 Å². The van der Waals surface area contributed by atoms with Crippen molar-refractivity contribution in [2.45, 2.75) is 37.6 Å². The lowest BCUT2D eigenvalue weighted by Gasteiger charge is -2.27. The fourth-order valence-corrected chi connectivity index (χ4v) is 4.21. The summed E-state index contributed by atoms with van der Waals surface area (Å²) in [6, 6.07) is 6.01. The first-order valence-corrected chi connectivity index (χ1v) is 10.5. The average Bonchev–Trinajstić information content (AvgIpc) is 2.57. The molecule has 0 aliphatic carbocycles. The molecule has 1 amide bonds. The van der Waals surface area contributed by atoms with Crippen LogP contribution in [-0.4, -0.2) is 64.0 Å². The number of piperazine rings is 1. The normalized spacial score (nSPS) is 15.8. The van der Waals surface area contributed by atoms with Gasteiger partial charge in [0.1, 0.15) is 0 Å². The van der Waals surface area contributed by atoms with Gasteiger partial charge in [-0.1, -0.05) is 0 Å². The van der Waals surface area contributed by atoms with Gasteiger partial charge in [0.25, 0.3) is 5.91 Å².